The Morgan fingerprint density at radius 1 is 1.44 bits per heavy atom. The highest BCUT2D eigenvalue weighted by atomic mass is 32.2. The Kier molecular flexibility index (Phi) is 4.86. The van der Waals surface area contributed by atoms with Gasteiger partial charge in [-0.3, -0.25) is 9.78 Å². The Balaban J connectivity index is 2.77. The number of anilines is 1. The molecule has 16 heavy (non-hydrogen) atoms. The third-order valence-corrected chi connectivity index (χ3v) is 2.91. The zero-order valence-corrected chi connectivity index (χ0v) is 11.0. The van der Waals surface area contributed by atoms with Gasteiger partial charge in [-0.05, 0) is 19.1 Å². The van der Waals surface area contributed by atoms with Crippen molar-refractivity contribution in [2.45, 2.75) is 44.7 Å². The van der Waals surface area contributed by atoms with Crippen LogP contribution in [-0.2, 0) is 5.75 Å². The van der Waals surface area contributed by atoms with Crippen LogP contribution in [-0.4, -0.2) is 21.3 Å². The number of aromatic nitrogens is 2. The number of H-pyrrole nitrogens is 1. The Morgan fingerprint density at radius 2 is 2.12 bits per heavy atom. The number of hydrogen-bond acceptors (Lipinski definition) is 4. The van der Waals surface area contributed by atoms with Crippen LogP contribution in [0.3, 0.4) is 0 Å². The second kappa shape index (κ2) is 5.94. The third-order valence-electron chi connectivity index (χ3n) is 1.78. The Hall–Kier alpha value is -0.970. The van der Waals surface area contributed by atoms with Crippen LogP contribution in [0.4, 0.5) is 5.95 Å². The van der Waals surface area contributed by atoms with Gasteiger partial charge in [0.1, 0.15) is 0 Å². The lowest BCUT2D eigenvalue weighted by Gasteiger charge is -2.10. The molecule has 0 aliphatic carbocycles. The van der Waals surface area contributed by atoms with Crippen molar-refractivity contribution in [3.8, 4) is 0 Å². The minimum atomic E-state index is -0.0995. The fourth-order valence-electron chi connectivity index (χ4n) is 1.18. The molecule has 0 saturated heterocycles. The number of thioether (sulfide) groups is 1. The van der Waals surface area contributed by atoms with E-state index in [1.807, 2.05) is 13.8 Å². The Bertz CT molecular complexity index is 387. The highest BCUT2D eigenvalue weighted by molar-refractivity contribution is 7.99. The molecule has 5 heteroatoms. The van der Waals surface area contributed by atoms with Gasteiger partial charge in [-0.2, -0.15) is 11.8 Å². The molecule has 0 saturated carbocycles. The Morgan fingerprint density at radius 3 is 2.69 bits per heavy atom. The van der Waals surface area contributed by atoms with Crippen molar-refractivity contribution in [3.63, 3.8) is 0 Å². The predicted molar refractivity (Wildman–Crippen MR) is 70.0 cm³/mol. The molecule has 2 N–H and O–H groups in total. The van der Waals surface area contributed by atoms with E-state index in [1.54, 1.807) is 17.8 Å². The SMILES string of the molecule is CC(C)Nc1nc(CSC(C)C)cc(=O)[nH]1. The van der Waals surface area contributed by atoms with Crippen LogP contribution in [0.15, 0.2) is 10.9 Å². The number of nitrogens with zero attached hydrogens (tertiary/aromatic N) is 1. The summed E-state index contributed by atoms with van der Waals surface area (Å²) in [4.78, 5) is 18.4. The molecule has 4 nitrogen and oxygen atoms in total. The van der Waals surface area contributed by atoms with E-state index in [2.05, 4.69) is 29.1 Å². The van der Waals surface area contributed by atoms with Crippen LogP contribution < -0.4 is 10.9 Å². The molecule has 0 spiro atoms. The van der Waals surface area contributed by atoms with E-state index in [9.17, 15) is 4.79 Å². The van der Waals surface area contributed by atoms with Gasteiger partial charge in [0.15, 0.2) is 0 Å². The van der Waals surface area contributed by atoms with Gasteiger partial charge in [0.2, 0.25) is 5.95 Å². The molecular formula is C11H19N3OS. The normalized spacial score (nSPS) is 11.1. The van der Waals surface area contributed by atoms with Gasteiger partial charge in [-0.25, -0.2) is 4.98 Å². The fraction of sp³-hybridized carbons (Fsp3) is 0.636. The zero-order valence-electron chi connectivity index (χ0n) is 10.2. The highest BCUT2D eigenvalue weighted by Gasteiger charge is 2.03. The maximum absolute atomic E-state index is 11.4. The van der Waals surface area contributed by atoms with E-state index in [-0.39, 0.29) is 11.6 Å². The fourth-order valence-corrected chi connectivity index (χ4v) is 1.83. The second-order valence-electron chi connectivity index (χ2n) is 4.24. The van der Waals surface area contributed by atoms with Crippen molar-refractivity contribution < 1.29 is 0 Å². The summed E-state index contributed by atoms with van der Waals surface area (Å²) in [6.07, 6.45) is 0. The molecule has 1 aromatic heterocycles. The lowest BCUT2D eigenvalue weighted by molar-refractivity contribution is 0.865. The van der Waals surface area contributed by atoms with E-state index in [0.717, 1.165) is 11.4 Å². The van der Waals surface area contributed by atoms with Gasteiger partial charge < -0.3 is 5.32 Å². The maximum Gasteiger partial charge on any atom is 0.252 e. The van der Waals surface area contributed by atoms with Crippen LogP contribution in [0.5, 0.6) is 0 Å². The molecule has 1 heterocycles. The molecule has 0 atom stereocenters. The van der Waals surface area contributed by atoms with E-state index in [1.165, 1.54) is 0 Å². The lowest BCUT2D eigenvalue weighted by Crippen LogP contribution is -2.18. The van der Waals surface area contributed by atoms with E-state index in [0.29, 0.717) is 11.2 Å². The van der Waals surface area contributed by atoms with Crippen molar-refractivity contribution in [2.75, 3.05) is 5.32 Å². The maximum atomic E-state index is 11.4. The first-order valence-electron chi connectivity index (χ1n) is 5.45. The number of hydrogen-bond donors (Lipinski definition) is 2. The van der Waals surface area contributed by atoms with Gasteiger partial charge in [-0.15, -0.1) is 0 Å². The number of rotatable bonds is 5. The van der Waals surface area contributed by atoms with Gasteiger partial charge in [0.05, 0.1) is 5.69 Å². The zero-order chi connectivity index (χ0) is 12.1. The molecule has 0 unspecified atom stereocenters. The number of nitrogens with one attached hydrogen (secondary N) is 2. The van der Waals surface area contributed by atoms with Crippen LogP contribution in [0.2, 0.25) is 0 Å². The largest absolute Gasteiger partial charge is 0.354 e. The monoisotopic (exact) mass is 241 g/mol. The first-order valence-corrected chi connectivity index (χ1v) is 6.50. The second-order valence-corrected chi connectivity index (χ2v) is 5.81. The van der Waals surface area contributed by atoms with Crippen molar-refractivity contribution in [1.29, 1.82) is 0 Å². The first-order chi connectivity index (χ1) is 7.47. The topological polar surface area (TPSA) is 57.8 Å². The van der Waals surface area contributed by atoms with Gasteiger partial charge in [0.25, 0.3) is 5.56 Å². The van der Waals surface area contributed by atoms with Crippen molar-refractivity contribution in [2.24, 2.45) is 0 Å². The van der Waals surface area contributed by atoms with Crippen molar-refractivity contribution in [3.05, 3.63) is 22.1 Å². The quantitative estimate of drug-likeness (QED) is 0.830. The van der Waals surface area contributed by atoms with Crippen LogP contribution in [0, 0.1) is 0 Å². The summed E-state index contributed by atoms with van der Waals surface area (Å²) in [5.41, 5.74) is 0.725. The third kappa shape index (κ3) is 4.70. The first kappa shape index (κ1) is 13.1. The average molecular weight is 241 g/mol. The minimum absolute atomic E-state index is 0.0995. The molecule has 0 fully saturated rings. The summed E-state index contributed by atoms with van der Waals surface area (Å²) < 4.78 is 0. The molecule has 0 aliphatic heterocycles. The smallest absolute Gasteiger partial charge is 0.252 e. The van der Waals surface area contributed by atoms with Crippen LogP contribution in [0.1, 0.15) is 33.4 Å². The molecule has 0 amide bonds. The molecule has 0 aromatic carbocycles. The summed E-state index contributed by atoms with van der Waals surface area (Å²) >= 11 is 1.78. The molecule has 0 aliphatic rings. The predicted octanol–water partition coefficient (Wildman–Crippen LogP) is 2.23. The van der Waals surface area contributed by atoms with Crippen molar-refractivity contribution in [1.82, 2.24) is 9.97 Å². The Labute approximate surface area is 100 Å². The summed E-state index contributed by atoms with van der Waals surface area (Å²) in [6.45, 7) is 8.28. The van der Waals surface area contributed by atoms with Gasteiger partial charge in [0, 0.05) is 17.9 Å². The van der Waals surface area contributed by atoms with E-state index < -0.39 is 0 Å². The summed E-state index contributed by atoms with van der Waals surface area (Å²) in [7, 11) is 0. The number of aromatic amines is 1. The molecule has 1 aromatic rings. The lowest BCUT2D eigenvalue weighted by atomic mass is 10.4. The summed E-state index contributed by atoms with van der Waals surface area (Å²) in [5.74, 6) is 1.33. The minimum Gasteiger partial charge on any atom is -0.354 e. The average Bonchev–Trinajstić information content (AvgIpc) is 2.12. The van der Waals surface area contributed by atoms with E-state index in [4.69, 9.17) is 0 Å². The van der Waals surface area contributed by atoms with Gasteiger partial charge in [-0.1, -0.05) is 13.8 Å². The molecule has 1 rings (SSSR count). The standard InChI is InChI=1S/C11H19N3OS/c1-7(2)12-11-13-9(5-10(15)14-11)6-16-8(3)4/h5,7-8H,6H2,1-4H3,(H2,12,13,14,15). The molecule has 90 valence electrons. The molecule has 0 bridgehead atoms. The molecular weight excluding hydrogens is 222 g/mol. The van der Waals surface area contributed by atoms with E-state index >= 15 is 0 Å². The van der Waals surface area contributed by atoms with Crippen molar-refractivity contribution >= 4 is 17.7 Å². The van der Waals surface area contributed by atoms with Crippen LogP contribution in [0.25, 0.3) is 0 Å². The summed E-state index contributed by atoms with van der Waals surface area (Å²) in [6, 6.07) is 1.82. The molecule has 0 radical (unpaired) electrons. The highest BCUT2D eigenvalue weighted by Crippen LogP contribution is 2.15. The summed E-state index contributed by atoms with van der Waals surface area (Å²) in [5, 5.41) is 3.64. The van der Waals surface area contributed by atoms with Gasteiger partial charge >= 0.3 is 0 Å². The van der Waals surface area contributed by atoms with Crippen LogP contribution >= 0.6 is 11.8 Å².